The molecular weight excluding hydrogens is 410 g/mol. The van der Waals surface area contributed by atoms with Gasteiger partial charge in [0.1, 0.15) is 17.6 Å². The second-order valence-corrected chi connectivity index (χ2v) is 8.74. The minimum absolute atomic E-state index is 0.553. The number of hydrogen-bond donors (Lipinski definition) is 3. The minimum atomic E-state index is -0.638. The fourth-order valence-corrected chi connectivity index (χ4v) is 4.83. The van der Waals surface area contributed by atoms with E-state index in [1.54, 1.807) is 13.4 Å². The van der Waals surface area contributed by atoms with Crippen molar-refractivity contribution in [2.45, 2.75) is 24.3 Å². The minimum Gasteiger partial charge on any atom is -0.496 e. The highest BCUT2D eigenvalue weighted by molar-refractivity contribution is 5.80. The molecule has 6 nitrogen and oxygen atoms in total. The number of fused-ring (bicyclic) bond motifs is 1. The first-order valence-corrected chi connectivity index (χ1v) is 11.2. The molecule has 6 heteroatoms. The molecule has 1 aliphatic carbocycles. The molecule has 2 aliphatic rings. The van der Waals surface area contributed by atoms with Crippen LogP contribution in [0.2, 0.25) is 0 Å². The average molecular weight is 436 g/mol. The zero-order valence-corrected chi connectivity index (χ0v) is 18.4. The third-order valence-electron chi connectivity index (χ3n) is 6.65. The largest absolute Gasteiger partial charge is 0.496 e. The first kappa shape index (κ1) is 19.6. The molecule has 2 aromatic carbocycles. The van der Waals surface area contributed by atoms with Crippen molar-refractivity contribution in [3.05, 3.63) is 102 Å². The quantitative estimate of drug-likeness (QED) is 0.409. The Morgan fingerprint density at radius 3 is 2.61 bits per heavy atom. The third kappa shape index (κ3) is 3.26. The number of benzene rings is 2. The number of rotatable bonds is 5. The Kier molecular flexibility index (Phi) is 4.47. The Balaban J connectivity index is 1.57. The predicted molar refractivity (Wildman–Crippen MR) is 130 cm³/mol. The Morgan fingerprint density at radius 2 is 1.82 bits per heavy atom. The Hall–Kier alpha value is -4.06. The number of aromatic amines is 1. The molecule has 1 fully saturated rings. The van der Waals surface area contributed by atoms with Gasteiger partial charge in [-0.05, 0) is 71.4 Å². The number of aromatic nitrogens is 3. The van der Waals surface area contributed by atoms with Gasteiger partial charge < -0.3 is 20.8 Å². The Bertz CT molecular complexity index is 1360. The smallest absolute Gasteiger partial charge is 0.122 e. The molecule has 2 aromatic heterocycles. The van der Waals surface area contributed by atoms with Gasteiger partial charge in [0.25, 0.3) is 0 Å². The van der Waals surface area contributed by atoms with Crippen LogP contribution >= 0.6 is 0 Å². The first-order valence-electron chi connectivity index (χ1n) is 11.2. The molecule has 0 amide bonds. The summed E-state index contributed by atoms with van der Waals surface area (Å²) in [6.07, 6.45) is 11.6. The van der Waals surface area contributed by atoms with E-state index in [-0.39, 0.29) is 0 Å². The molecule has 0 radical (unpaired) electrons. The van der Waals surface area contributed by atoms with Crippen LogP contribution in [0.3, 0.4) is 0 Å². The molecular formula is C27H25N5O. The van der Waals surface area contributed by atoms with Gasteiger partial charge in [0.05, 0.1) is 24.2 Å². The maximum atomic E-state index is 6.60. The summed E-state index contributed by atoms with van der Waals surface area (Å²) in [6, 6.07) is 17.0. The van der Waals surface area contributed by atoms with Crippen molar-refractivity contribution in [1.29, 1.82) is 0 Å². The lowest BCUT2D eigenvalue weighted by molar-refractivity contribution is 0.409. The van der Waals surface area contributed by atoms with E-state index in [1.807, 2.05) is 24.7 Å². The number of H-pyrrole nitrogens is 1. The van der Waals surface area contributed by atoms with Gasteiger partial charge in [0, 0.05) is 24.2 Å². The second kappa shape index (κ2) is 7.52. The van der Waals surface area contributed by atoms with Crippen LogP contribution < -0.4 is 15.8 Å². The lowest BCUT2D eigenvalue weighted by Gasteiger charge is -2.38. The van der Waals surface area contributed by atoms with Crippen molar-refractivity contribution in [1.82, 2.24) is 15.0 Å². The molecule has 1 atom stereocenters. The van der Waals surface area contributed by atoms with Gasteiger partial charge in [-0.2, -0.15) is 0 Å². The molecule has 0 bridgehead atoms. The van der Waals surface area contributed by atoms with Crippen LogP contribution in [0.25, 0.3) is 16.8 Å². The van der Waals surface area contributed by atoms with E-state index in [0.29, 0.717) is 11.6 Å². The van der Waals surface area contributed by atoms with Gasteiger partial charge in [0.15, 0.2) is 0 Å². The number of nitrogens with two attached hydrogens (primary N) is 1. The zero-order chi connectivity index (χ0) is 22.4. The Morgan fingerprint density at radius 1 is 1.00 bits per heavy atom. The average Bonchev–Trinajstić information content (AvgIpc) is 3.61. The highest BCUT2D eigenvalue weighted by Crippen LogP contribution is 2.48. The van der Waals surface area contributed by atoms with E-state index >= 15 is 0 Å². The zero-order valence-electron chi connectivity index (χ0n) is 18.4. The van der Waals surface area contributed by atoms with E-state index in [0.717, 1.165) is 39.4 Å². The summed E-state index contributed by atoms with van der Waals surface area (Å²) >= 11 is 0. The number of nitrogens with zero attached hydrogens (tertiary/aromatic N) is 2. The molecule has 33 heavy (non-hydrogen) atoms. The second-order valence-electron chi connectivity index (χ2n) is 8.74. The van der Waals surface area contributed by atoms with Gasteiger partial charge in [-0.3, -0.25) is 0 Å². The van der Waals surface area contributed by atoms with E-state index in [1.165, 1.54) is 18.4 Å². The van der Waals surface area contributed by atoms with Crippen molar-refractivity contribution in [3.8, 4) is 16.9 Å². The molecule has 3 heterocycles. The van der Waals surface area contributed by atoms with Crippen molar-refractivity contribution in [2.24, 2.45) is 5.73 Å². The summed E-state index contributed by atoms with van der Waals surface area (Å²) in [7, 11) is 1.74. The summed E-state index contributed by atoms with van der Waals surface area (Å²) in [5, 5.41) is 3.80. The van der Waals surface area contributed by atoms with Gasteiger partial charge in [-0.25, -0.2) is 9.97 Å². The summed E-state index contributed by atoms with van der Waals surface area (Å²) < 4.78 is 5.69. The van der Waals surface area contributed by atoms with Crippen LogP contribution in [-0.4, -0.2) is 22.1 Å². The SMILES string of the molecule is COc1ccc(C2(c3cccc(-c4cncnc4)c3)C=C(N)c3[nH]ccc3N2)cc1C1CC1. The maximum absolute atomic E-state index is 6.60. The molecule has 1 aliphatic heterocycles. The van der Waals surface area contributed by atoms with E-state index < -0.39 is 5.54 Å². The van der Waals surface area contributed by atoms with Gasteiger partial charge >= 0.3 is 0 Å². The lowest BCUT2D eigenvalue weighted by Crippen LogP contribution is -2.38. The van der Waals surface area contributed by atoms with Gasteiger partial charge in [0.2, 0.25) is 0 Å². The van der Waals surface area contributed by atoms with Gasteiger partial charge in [-0.1, -0.05) is 24.3 Å². The molecule has 1 unspecified atom stereocenters. The highest BCUT2D eigenvalue weighted by atomic mass is 16.5. The topological polar surface area (TPSA) is 88.8 Å². The van der Waals surface area contributed by atoms with Crippen LogP contribution in [0.4, 0.5) is 5.69 Å². The lowest BCUT2D eigenvalue weighted by atomic mass is 9.78. The fourth-order valence-electron chi connectivity index (χ4n) is 4.83. The fraction of sp³-hybridized carbons (Fsp3) is 0.185. The van der Waals surface area contributed by atoms with Crippen LogP contribution in [0.1, 0.15) is 41.1 Å². The van der Waals surface area contributed by atoms with E-state index in [9.17, 15) is 0 Å². The number of hydrogen-bond acceptors (Lipinski definition) is 5. The molecule has 164 valence electrons. The summed E-state index contributed by atoms with van der Waals surface area (Å²) in [5.74, 6) is 1.50. The molecule has 4 aromatic rings. The molecule has 6 rings (SSSR count). The first-order chi connectivity index (χ1) is 16.2. The van der Waals surface area contributed by atoms with Crippen molar-refractivity contribution >= 4 is 11.4 Å². The molecule has 1 saturated carbocycles. The number of anilines is 1. The van der Waals surface area contributed by atoms with Crippen LogP contribution in [0.15, 0.2) is 79.5 Å². The molecule has 0 spiro atoms. The van der Waals surface area contributed by atoms with Crippen LogP contribution in [-0.2, 0) is 5.54 Å². The maximum Gasteiger partial charge on any atom is 0.122 e. The van der Waals surface area contributed by atoms with Crippen LogP contribution in [0, 0.1) is 0 Å². The number of ether oxygens (including phenoxy) is 1. The van der Waals surface area contributed by atoms with Crippen LogP contribution in [0.5, 0.6) is 5.75 Å². The molecule has 0 saturated heterocycles. The normalized spacial score (nSPS) is 19.4. The highest BCUT2D eigenvalue weighted by Gasteiger charge is 2.38. The van der Waals surface area contributed by atoms with E-state index in [4.69, 9.17) is 10.5 Å². The van der Waals surface area contributed by atoms with E-state index in [2.05, 4.69) is 68.8 Å². The van der Waals surface area contributed by atoms with Crippen molar-refractivity contribution in [3.63, 3.8) is 0 Å². The predicted octanol–water partition coefficient (Wildman–Crippen LogP) is 5.03. The summed E-state index contributed by atoms with van der Waals surface area (Å²) in [4.78, 5) is 11.6. The van der Waals surface area contributed by atoms with Crippen molar-refractivity contribution in [2.75, 3.05) is 12.4 Å². The monoisotopic (exact) mass is 435 g/mol. The Labute approximate surface area is 192 Å². The third-order valence-corrected chi connectivity index (χ3v) is 6.65. The number of methoxy groups -OCH3 is 1. The summed E-state index contributed by atoms with van der Waals surface area (Å²) in [5.41, 5.74) is 14.1. The van der Waals surface area contributed by atoms with Crippen molar-refractivity contribution < 1.29 is 4.74 Å². The number of nitrogens with one attached hydrogen (secondary N) is 2. The molecule has 4 N–H and O–H groups in total. The van der Waals surface area contributed by atoms with Gasteiger partial charge in [-0.15, -0.1) is 0 Å². The standard InChI is InChI=1S/C27H25N5O/c1-33-25-8-7-21(12-22(25)17-5-6-17)27(13-23(28)26-24(32-27)9-10-31-26)20-4-2-3-18(11-20)19-14-29-16-30-15-19/h2-4,7-17,31-32H,5-6,28H2,1H3. The summed E-state index contributed by atoms with van der Waals surface area (Å²) in [6.45, 7) is 0.